The third kappa shape index (κ3) is 3.82. The van der Waals surface area contributed by atoms with E-state index < -0.39 is 13.1 Å². The van der Waals surface area contributed by atoms with E-state index >= 15 is 0 Å². The van der Waals surface area contributed by atoms with Gasteiger partial charge < -0.3 is 20.6 Å². The Morgan fingerprint density at radius 1 is 1.17 bits per heavy atom. The highest BCUT2D eigenvalue weighted by atomic mass is 31.2. The van der Waals surface area contributed by atoms with Gasteiger partial charge in [0.1, 0.15) is 7.14 Å². The Kier molecular flexibility index (Phi) is 5.33. The fourth-order valence-electron chi connectivity index (χ4n) is 3.58. The van der Waals surface area contributed by atoms with E-state index in [0.29, 0.717) is 5.69 Å². The number of rotatable bonds is 6. The van der Waals surface area contributed by atoms with Crippen molar-refractivity contribution in [2.24, 2.45) is 5.73 Å². The molecule has 154 valence electrons. The van der Waals surface area contributed by atoms with Crippen molar-refractivity contribution in [3.05, 3.63) is 66.6 Å². The lowest BCUT2D eigenvalue weighted by Gasteiger charge is -2.17. The third-order valence-corrected chi connectivity index (χ3v) is 6.79. The first-order valence-corrected chi connectivity index (χ1v) is 12.2. The number of aromatic nitrogens is 3. The van der Waals surface area contributed by atoms with Crippen LogP contribution in [-0.2, 0) is 9.36 Å². The van der Waals surface area contributed by atoms with Crippen LogP contribution in [0.3, 0.4) is 0 Å². The second-order valence-corrected chi connectivity index (χ2v) is 10.9. The van der Waals surface area contributed by atoms with Crippen LogP contribution in [0, 0.1) is 0 Å². The molecule has 0 aliphatic carbocycles. The normalized spacial score (nSPS) is 12.8. The lowest BCUT2D eigenvalue weighted by atomic mass is 9.98. The van der Waals surface area contributed by atoms with Crippen molar-refractivity contribution in [2.45, 2.75) is 5.92 Å². The number of anilines is 1. The molecule has 7 nitrogen and oxygen atoms in total. The van der Waals surface area contributed by atoms with Gasteiger partial charge in [-0.3, -0.25) is 9.89 Å². The number of fused-ring (bicyclic) bond motifs is 1. The monoisotopic (exact) mass is 421 g/mol. The maximum atomic E-state index is 13.0. The Morgan fingerprint density at radius 3 is 2.57 bits per heavy atom. The molecule has 2 aromatic carbocycles. The van der Waals surface area contributed by atoms with E-state index in [1.165, 1.54) is 0 Å². The van der Waals surface area contributed by atoms with E-state index in [4.69, 9.17) is 5.73 Å². The number of nitrogens with one attached hydrogen (secondary N) is 3. The molecule has 0 aliphatic heterocycles. The van der Waals surface area contributed by atoms with Crippen molar-refractivity contribution in [3.8, 4) is 11.1 Å². The van der Waals surface area contributed by atoms with Gasteiger partial charge >= 0.3 is 0 Å². The standard InChI is InChI=1S/C22H24N5O2P/c1-30(2,29)16-8-6-14(7-9-16)18(10-23)22(28)27-20-5-3-4-17-19(13-24-21(17)20)15-11-25-26-12-15/h3-9,11-13,18,24H,10,23H2,1-2H3,(H,25,26)(H,27,28). The second kappa shape index (κ2) is 7.94. The summed E-state index contributed by atoms with van der Waals surface area (Å²) in [7, 11) is -2.34. The van der Waals surface area contributed by atoms with E-state index in [1.54, 1.807) is 19.5 Å². The smallest absolute Gasteiger partial charge is 0.233 e. The van der Waals surface area contributed by atoms with Crippen molar-refractivity contribution in [2.75, 3.05) is 25.2 Å². The van der Waals surface area contributed by atoms with Gasteiger partial charge in [-0.25, -0.2) is 0 Å². The average Bonchev–Trinajstić information content (AvgIpc) is 3.38. The van der Waals surface area contributed by atoms with Crippen molar-refractivity contribution in [1.82, 2.24) is 15.2 Å². The Bertz CT molecular complexity index is 1220. The maximum Gasteiger partial charge on any atom is 0.233 e. The first-order chi connectivity index (χ1) is 14.4. The van der Waals surface area contributed by atoms with Gasteiger partial charge in [-0.2, -0.15) is 5.10 Å². The van der Waals surface area contributed by atoms with Crippen LogP contribution in [-0.4, -0.2) is 41.0 Å². The molecule has 0 fully saturated rings. The third-order valence-electron chi connectivity index (χ3n) is 5.25. The molecule has 1 atom stereocenters. The largest absolute Gasteiger partial charge is 0.359 e. The highest BCUT2D eigenvalue weighted by molar-refractivity contribution is 7.70. The molecule has 0 bridgehead atoms. The molecule has 1 amide bonds. The second-order valence-electron chi connectivity index (χ2n) is 7.64. The number of H-pyrrole nitrogens is 2. The fourth-order valence-corrected chi connectivity index (χ4v) is 4.44. The number of hydrogen-bond acceptors (Lipinski definition) is 4. The van der Waals surface area contributed by atoms with E-state index in [2.05, 4.69) is 20.5 Å². The van der Waals surface area contributed by atoms with Crippen LogP contribution in [0.2, 0.25) is 0 Å². The Labute approximate surface area is 174 Å². The SMILES string of the molecule is CP(C)(=O)c1ccc(C(CN)C(=O)Nc2cccc3c(-c4cn[nH]c4)c[nH]c23)cc1. The van der Waals surface area contributed by atoms with Gasteiger partial charge in [-0.1, -0.05) is 36.4 Å². The van der Waals surface area contributed by atoms with Crippen LogP contribution in [0.4, 0.5) is 5.69 Å². The molecule has 4 rings (SSSR count). The molecule has 5 N–H and O–H groups in total. The van der Waals surface area contributed by atoms with Gasteiger partial charge in [0, 0.05) is 40.8 Å². The molecule has 0 saturated carbocycles. The Balaban J connectivity index is 1.61. The van der Waals surface area contributed by atoms with Crippen LogP contribution < -0.4 is 16.4 Å². The molecule has 1 unspecified atom stereocenters. The van der Waals surface area contributed by atoms with Crippen LogP contribution in [0.15, 0.2) is 61.1 Å². The zero-order valence-corrected chi connectivity index (χ0v) is 17.7. The predicted molar refractivity (Wildman–Crippen MR) is 122 cm³/mol. The van der Waals surface area contributed by atoms with Crippen LogP contribution >= 0.6 is 7.14 Å². The van der Waals surface area contributed by atoms with E-state index in [1.807, 2.05) is 54.9 Å². The molecule has 2 aromatic heterocycles. The summed E-state index contributed by atoms with van der Waals surface area (Å²) in [6.07, 6.45) is 5.49. The van der Waals surface area contributed by atoms with Crippen LogP contribution in [0.5, 0.6) is 0 Å². The summed E-state index contributed by atoms with van der Waals surface area (Å²) in [6, 6.07) is 13.1. The minimum Gasteiger partial charge on any atom is -0.359 e. The summed E-state index contributed by atoms with van der Waals surface area (Å²) < 4.78 is 12.2. The Morgan fingerprint density at radius 2 is 1.93 bits per heavy atom. The summed E-state index contributed by atoms with van der Waals surface area (Å²) in [4.78, 5) is 16.3. The maximum absolute atomic E-state index is 13.0. The number of carbonyl (C=O) groups is 1. The molecule has 0 saturated heterocycles. The molecule has 4 aromatic rings. The highest BCUT2D eigenvalue weighted by Crippen LogP contribution is 2.35. The first-order valence-electron chi connectivity index (χ1n) is 9.64. The van der Waals surface area contributed by atoms with Crippen LogP contribution in [0.25, 0.3) is 22.0 Å². The number of amides is 1. The number of nitrogens with two attached hydrogens (primary N) is 1. The van der Waals surface area contributed by atoms with Crippen LogP contribution in [0.1, 0.15) is 11.5 Å². The molecule has 0 aliphatic rings. The first kappa shape index (κ1) is 20.1. The molecule has 8 heteroatoms. The van der Waals surface area contributed by atoms with E-state index in [9.17, 15) is 9.36 Å². The van der Waals surface area contributed by atoms with Gasteiger partial charge in [0.15, 0.2) is 0 Å². The zero-order valence-electron chi connectivity index (χ0n) is 16.8. The molecule has 2 heterocycles. The molecule has 0 radical (unpaired) electrons. The lowest BCUT2D eigenvalue weighted by Crippen LogP contribution is -2.27. The molecular formula is C22H24N5O2P. The van der Waals surface area contributed by atoms with Gasteiger partial charge in [0.25, 0.3) is 0 Å². The number of nitrogens with zero attached hydrogens (tertiary/aromatic N) is 1. The minimum atomic E-state index is -2.34. The molecular weight excluding hydrogens is 397 g/mol. The number of hydrogen-bond donors (Lipinski definition) is 4. The highest BCUT2D eigenvalue weighted by Gasteiger charge is 2.21. The number of benzene rings is 2. The predicted octanol–water partition coefficient (Wildman–Crippen LogP) is 3.49. The molecule has 30 heavy (non-hydrogen) atoms. The van der Waals surface area contributed by atoms with Gasteiger partial charge in [-0.15, -0.1) is 0 Å². The van der Waals surface area contributed by atoms with Crippen molar-refractivity contribution in [1.29, 1.82) is 0 Å². The molecule has 0 spiro atoms. The quantitative estimate of drug-likeness (QED) is 0.357. The van der Waals surface area contributed by atoms with Gasteiger partial charge in [-0.05, 0) is 25.0 Å². The fraction of sp³-hybridized carbons (Fsp3) is 0.182. The van der Waals surface area contributed by atoms with Crippen molar-refractivity contribution >= 4 is 34.9 Å². The summed E-state index contributed by atoms with van der Waals surface area (Å²) in [6.45, 7) is 3.62. The summed E-state index contributed by atoms with van der Waals surface area (Å²) in [5.74, 6) is -0.695. The zero-order chi connectivity index (χ0) is 21.3. The Hall–Kier alpha value is -3.15. The lowest BCUT2D eigenvalue weighted by molar-refractivity contribution is -0.117. The summed E-state index contributed by atoms with van der Waals surface area (Å²) >= 11 is 0. The average molecular weight is 421 g/mol. The van der Waals surface area contributed by atoms with E-state index in [-0.39, 0.29) is 12.5 Å². The van der Waals surface area contributed by atoms with Gasteiger partial charge in [0.2, 0.25) is 5.91 Å². The summed E-state index contributed by atoms with van der Waals surface area (Å²) in [5.41, 5.74) is 10.2. The van der Waals surface area contributed by atoms with Crippen molar-refractivity contribution in [3.63, 3.8) is 0 Å². The van der Waals surface area contributed by atoms with Gasteiger partial charge in [0.05, 0.1) is 23.3 Å². The number of carbonyl (C=O) groups excluding carboxylic acids is 1. The van der Waals surface area contributed by atoms with E-state index in [0.717, 1.165) is 32.9 Å². The number of aromatic amines is 2. The minimum absolute atomic E-state index is 0.169. The number of para-hydroxylation sites is 1. The summed E-state index contributed by atoms with van der Waals surface area (Å²) in [5, 5.41) is 11.6. The van der Waals surface area contributed by atoms with Crippen molar-refractivity contribution < 1.29 is 9.36 Å². The topological polar surface area (TPSA) is 117 Å².